The summed E-state index contributed by atoms with van der Waals surface area (Å²) < 4.78 is 0. The van der Waals surface area contributed by atoms with Gasteiger partial charge in [0.1, 0.15) is 0 Å². The second-order valence-electron chi connectivity index (χ2n) is 4.24. The highest BCUT2D eigenvalue weighted by Crippen LogP contribution is 2.35. The van der Waals surface area contributed by atoms with Crippen molar-refractivity contribution in [3.05, 3.63) is 11.6 Å². The molecule has 0 spiro atoms. The van der Waals surface area contributed by atoms with Crippen LogP contribution < -0.4 is 0 Å². The molecule has 2 atom stereocenters. The lowest BCUT2D eigenvalue weighted by molar-refractivity contribution is 0.0907. The van der Waals surface area contributed by atoms with Crippen LogP contribution >= 0.6 is 0 Å². The average Bonchev–Trinajstić information content (AvgIpc) is 2.07. The lowest BCUT2D eigenvalue weighted by Gasteiger charge is -2.44. The molecule has 2 heteroatoms. The number of hydrogen-bond acceptors (Lipinski definition) is 2. The minimum Gasteiger partial charge on any atom is -0.300 e. The first-order valence-corrected chi connectivity index (χ1v) is 5.10. The van der Waals surface area contributed by atoms with Gasteiger partial charge in [0.05, 0.1) is 6.07 Å². The Bertz CT molecular complexity index is 246. The molecule has 2 saturated heterocycles. The van der Waals surface area contributed by atoms with Gasteiger partial charge in [-0.15, -0.1) is 0 Å². The largest absolute Gasteiger partial charge is 0.300 e. The topological polar surface area (TPSA) is 27.0 Å². The van der Waals surface area contributed by atoms with E-state index in [4.69, 9.17) is 5.26 Å². The van der Waals surface area contributed by atoms with Gasteiger partial charge < -0.3 is 0 Å². The number of allylic oxidation sites excluding steroid dienone is 1. The van der Waals surface area contributed by atoms with Gasteiger partial charge in [-0.05, 0) is 32.7 Å². The third-order valence-electron chi connectivity index (χ3n) is 3.49. The van der Waals surface area contributed by atoms with E-state index >= 15 is 0 Å². The van der Waals surface area contributed by atoms with Gasteiger partial charge >= 0.3 is 0 Å². The lowest BCUT2D eigenvalue weighted by atomic mass is 9.82. The molecule has 0 amide bonds. The SMILES string of the molecule is CN1[C@@H]2CCC[C@H]1CC(=CC#N)C2. The van der Waals surface area contributed by atoms with Gasteiger partial charge in [-0.25, -0.2) is 0 Å². The monoisotopic (exact) mass is 176 g/mol. The second kappa shape index (κ2) is 3.51. The fourth-order valence-electron chi connectivity index (χ4n) is 2.68. The van der Waals surface area contributed by atoms with Crippen LogP contribution in [0, 0.1) is 11.3 Å². The summed E-state index contributed by atoms with van der Waals surface area (Å²) in [5.41, 5.74) is 1.37. The first kappa shape index (κ1) is 8.77. The maximum atomic E-state index is 8.61. The van der Waals surface area contributed by atoms with E-state index in [-0.39, 0.29) is 0 Å². The molecule has 0 radical (unpaired) electrons. The van der Waals surface area contributed by atoms with Crippen molar-refractivity contribution in [2.45, 2.75) is 44.2 Å². The summed E-state index contributed by atoms with van der Waals surface area (Å²) >= 11 is 0. The quantitative estimate of drug-likeness (QED) is 0.528. The molecule has 70 valence electrons. The summed E-state index contributed by atoms with van der Waals surface area (Å²) in [7, 11) is 2.23. The van der Waals surface area contributed by atoms with Crippen LogP contribution in [0.3, 0.4) is 0 Å². The molecule has 2 aliphatic rings. The Hall–Kier alpha value is -0.810. The maximum Gasteiger partial charge on any atom is 0.0911 e. The van der Waals surface area contributed by atoms with Crippen LogP contribution in [0.25, 0.3) is 0 Å². The lowest BCUT2D eigenvalue weighted by Crippen LogP contribution is -2.47. The minimum absolute atomic E-state index is 0.715. The highest BCUT2D eigenvalue weighted by Gasteiger charge is 2.32. The highest BCUT2D eigenvalue weighted by atomic mass is 15.2. The average molecular weight is 176 g/mol. The van der Waals surface area contributed by atoms with Crippen molar-refractivity contribution in [2.24, 2.45) is 0 Å². The molecule has 2 aliphatic heterocycles. The van der Waals surface area contributed by atoms with E-state index in [0.717, 1.165) is 12.8 Å². The maximum absolute atomic E-state index is 8.61. The van der Waals surface area contributed by atoms with Crippen LogP contribution in [-0.2, 0) is 0 Å². The molecule has 2 rings (SSSR count). The normalized spacial score (nSPS) is 37.4. The van der Waals surface area contributed by atoms with Crippen LogP contribution in [-0.4, -0.2) is 24.0 Å². The van der Waals surface area contributed by atoms with Crippen molar-refractivity contribution < 1.29 is 0 Å². The van der Waals surface area contributed by atoms with E-state index < -0.39 is 0 Å². The molecule has 0 aromatic rings. The summed E-state index contributed by atoms with van der Waals surface area (Å²) in [4.78, 5) is 2.51. The Morgan fingerprint density at radius 1 is 1.38 bits per heavy atom. The zero-order valence-electron chi connectivity index (χ0n) is 8.16. The van der Waals surface area contributed by atoms with E-state index in [1.54, 1.807) is 6.08 Å². The first-order valence-electron chi connectivity index (χ1n) is 5.10. The molecule has 0 N–H and O–H groups in total. The van der Waals surface area contributed by atoms with E-state index in [9.17, 15) is 0 Å². The Balaban J connectivity index is 2.13. The fraction of sp³-hybridized carbons (Fsp3) is 0.727. The molecule has 13 heavy (non-hydrogen) atoms. The van der Waals surface area contributed by atoms with Crippen molar-refractivity contribution in [3.8, 4) is 6.07 Å². The van der Waals surface area contributed by atoms with E-state index in [0.29, 0.717) is 12.1 Å². The van der Waals surface area contributed by atoms with E-state index in [1.807, 2.05) is 0 Å². The summed E-state index contributed by atoms with van der Waals surface area (Å²) in [5, 5.41) is 8.61. The van der Waals surface area contributed by atoms with E-state index in [1.165, 1.54) is 24.8 Å². The van der Waals surface area contributed by atoms with Crippen molar-refractivity contribution >= 4 is 0 Å². The van der Waals surface area contributed by atoms with Crippen LogP contribution in [0.4, 0.5) is 0 Å². The summed E-state index contributed by atoms with van der Waals surface area (Å²) in [5.74, 6) is 0. The Morgan fingerprint density at radius 2 is 2.00 bits per heavy atom. The number of piperidine rings is 2. The van der Waals surface area contributed by atoms with Crippen molar-refractivity contribution in [3.63, 3.8) is 0 Å². The molecule has 0 aromatic heterocycles. The molecule has 2 heterocycles. The number of hydrogen-bond donors (Lipinski definition) is 0. The van der Waals surface area contributed by atoms with Gasteiger partial charge in [0.25, 0.3) is 0 Å². The molecular formula is C11H16N2. The summed E-state index contributed by atoms with van der Waals surface area (Å²) in [6.45, 7) is 0. The van der Waals surface area contributed by atoms with Crippen molar-refractivity contribution in [2.75, 3.05) is 7.05 Å². The Morgan fingerprint density at radius 3 is 2.54 bits per heavy atom. The molecule has 0 aromatic carbocycles. The van der Waals surface area contributed by atoms with Crippen LogP contribution in [0.5, 0.6) is 0 Å². The van der Waals surface area contributed by atoms with Gasteiger partial charge in [0.15, 0.2) is 0 Å². The van der Waals surface area contributed by atoms with Crippen LogP contribution in [0.2, 0.25) is 0 Å². The fourth-order valence-corrected chi connectivity index (χ4v) is 2.68. The first-order chi connectivity index (χ1) is 6.31. The number of fused-ring (bicyclic) bond motifs is 2. The molecule has 0 saturated carbocycles. The summed E-state index contributed by atoms with van der Waals surface area (Å²) in [6.07, 6.45) is 8.02. The smallest absolute Gasteiger partial charge is 0.0911 e. The second-order valence-corrected chi connectivity index (χ2v) is 4.24. The predicted octanol–water partition coefficient (Wildman–Crippen LogP) is 2.08. The van der Waals surface area contributed by atoms with Crippen molar-refractivity contribution in [1.82, 2.24) is 4.90 Å². The van der Waals surface area contributed by atoms with Crippen LogP contribution in [0.15, 0.2) is 11.6 Å². The standard InChI is InChI=1S/C11H16N2/c1-13-10-3-2-4-11(13)8-9(7-10)5-6-12/h5,10-11H,2-4,7-8H2,1H3/t10-,11+. The summed E-state index contributed by atoms with van der Waals surface area (Å²) in [6, 6.07) is 3.59. The van der Waals surface area contributed by atoms with Gasteiger partial charge in [-0.1, -0.05) is 12.0 Å². The molecule has 0 aliphatic carbocycles. The van der Waals surface area contributed by atoms with Gasteiger partial charge in [-0.2, -0.15) is 5.26 Å². The van der Waals surface area contributed by atoms with Gasteiger partial charge in [-0.3, -0.25) is 4.90 Å². The molecule has 2 bridgehead atoms. The molecular weight excluding hydrogens is 160 g/mol. The van der Waals surface area contributed by atoms with Gasteiger partial charge in [0.2, 0.25) is 0 Å². The van der Waals surface area contributed by atoms with Gasteiger partial charge in [0, 0.05) is 18.2 Å². The molecule has 0 unspecified atom stereocenters. The van der Waals surface area contributed by atoms with Crippen molar-refractivity contribution in [1.29, 1.82) is 5.26 Å². The Labute approximate surface area is 79.8 Å². The number of rotatable bonds is 0. The number of nitrogens with zero attached hydrogens (tertiary/aromatic N) is 2. The van der Waals surface area contributed by atoms with Crippen LogP contribution in [0.1, 0.15) is 32.1 Å². The van der Waals surface area contributed by atoms with E-state index in [2.05, 4.69) is 18.0 Å². The molecule has 2 nitrogen and oxygen atoms in total. The Kier molecular flexibility index (Phi) is 2.37. The zero-order chi connectivity index (χ0) is 9.26. The molecule has 2 fully saturated rings. The number of nitriles is 1. The third kappa shape index (κ3) is 1.62. The highest BCUT2D eigenvalue weighted by molar-refractivity contribution is 5.19. The third-order valence-corrected chi connectivity index (χ3v) is 3.49. The zero-order valence-corrected chi connectivity index (χ0v) is 8.16. The minimum atomic E-state index is 0.715. The predicted molar refractivity (Wildman–Crippen MR) is 52.1 cm³/mol.